The molecule has 0 aliphatic carbocycles. The summed E-state index contributed by atoms with van der Waals surface area (Å²) in [6.45, 7) is 3.88. The third-order valence-electron chi connectivity index (χ3n) is 7.06. The number of aliphatic hydroxyl groups excluding tert-OH is 1. The third kappa shape index (κ3) is 5.45. The van der Waals surface area contributed by atoms with Gasteiger partial charge in [0, 0.05) is 32.1 Å². The van der Waals surface area contributed by atoms with Crippen molar-refractivity contribution in [3.8, 4) is 11.6 Å². The molecule has 2 unspecified atom stereocenters. The van der Waals surface area contributed by atoms with Gasteiger partial charge in [-0.1, -0.05) is 36.3 Å². The summed E-state index contributed by atoms with van der Waals surface area (Å²) in [5, 5.41) is 19.1. The second-order valence-corrected chi connectivity index (χ2v) is 9.59. The standard InChI is InChI=1S/C24H28F3N7O3/c1-2-14-3-5-15(6-4-14)16-11-17(13-34(12-16)23(36)33-9-7-18(35)8-10-33)21-28-20(32-37-21)19-29-22(31-30-19)24(25,26)27/h3-6,16-18,35H,2,7-13H2,1H3,(H,29,30,31). The topological polar surface area (TPSA) is 124 Å². The molecular weight excluding hydrogens is 491 g/mol. The van der Waals surface area contributed by atoms with E-state index in [-0.39, 0.29) is 35.4 Å². The number of hydrogen-bond acceptors (Lipinski definition) is 7. The number of nitrogens with zero attached hydrogens (tertiary/aromatic N) is 6. The second kappa shape index (κ2) is 10.1. The molecule has 13 heteroatoms. The van der Waals surface area contributed by atoms with Crippen molar-refractivity contribution in [2.45, 2.75) is 56.7 Å². The smallest absolute Gasteiger partial charge is 0.393 e. The molecule has 0 spiro atoms. The molecule has 2 atom stereocenters. The minimum Gasteiger partial charge on any atom is -0.393 e. The van der Waals surface area contributed by atoms with Gasteiger partial charge in [-0.05, 0) is 36.8 Å². The number of alkyl halides is 3. The molecule has 2 aromatic heterocycles. The number of nitrogens with one attached hydrogen (secondary N) is 1. The van der Waals surface area contributed by atoms with Gasteiger partial charge in [0.1, 0.15) is 0 Å². The lowest BCUT2D eigenvalue weighted by molar-refractivity contribution is -0.144. The van der Waals surface area contributed by atoms with E-state index in [1.54, 1.807) is 9.80 Å². The lowest BCUT2D eigenvalue weighted by Gasteiger charge is -2.40. The van der Waals surface area contributed by atoms with Crippen molar-refractivity contribution < 1.29 is 27.6 Å². The van der Waals surface area contributed by atoms with Gasteiger partial charge >= 0.3 is 12.2 Å². The molecular formula is C24H28F3N7O3. The van der Waals surface area contributed by atoms with Crippen molar-refractivity contribution in [3.63, 3.8) is 0 Å². The number of amides is 2. The zero-order valence-electron chi connectivity index (χ0n) is 20.3. The molecule has 37 heavy (non-hydrogen) atoms. The monoisotopic (exact) mass is 519 g/mol. The summed E-state index contributed by atoms with van der Waals surface area (Å²) in [5.74, 6) is -1.82. The van der Waals surface area contributed by atoms with Crippen LogP contribution in [0.15, 0.2) is 28.8 Å². The Hall–Kier alpha value is -3.48. The Labute approximate surface area is 210 Å². The third-order valence-corrected chi connectivity index (χ3v) is 7.06. The number of carbonyl (C=O) groups excluding carboxylic acids is 1. The highest BCUT2D eigenvalue weighted by Gasteiger charge is 2.38. The number of aromatic amines is 1. The molecule has 2 fully saturated rings. The normalized spacial score (nSPS) is 21.4. The van der Waals surface area contributed by atoms with Crippen LogP contribution in [0, 0.1) is 0 Å². The minimum atomic E-state index is -4.67. The molecule has 0 radical (unpaired) electrons. The number of aryl methyl sites for hydroxylation is 1. The zero-order chi connectivity index (χ0) is 26.2. The summed E-state index contributed by atoms with van der Waals surface area (Å²) in [7, 11) is 0. The highest BCUT2D eigenvalue weighted by Crippen LogP contribution is 2.37. The average Bonchev–Trinajstić information content (AvgIpc) is 3.59. The number of benzene rings is 1. The SMILES string of the molecule is CCc1ccc(C2CC(c3nc(-c4n[nH]c(C(F)(F)F)n4)no3)CN(C(=O)N3CCC(O)CC3)C2)cc1. The summed E-state index contributed by atoms with van der Waals surface area (Å²) in [6, 6.07) is 8.16. The van der Waals surface area contributed by atoms with E-state index in [1.807, 2.05) is 5.10 Å². The Balaban J connectivity index is 1.39. The van der Waals surface area contributed by atoms with Crippen molar-refractivity contribution in [2.75, 3.05) is 26.2 Å². The summed E-state index contributed by atoms with van der Waals surface area (Å²) >= 11 is 0. The maximum atomic E-state index is 13.4. The van der Waals surface area contributed by atoms with Gasteiger partial charge in [-0.2, -0.15) is 23.1 Å². The fourth-order valence-corrected chi connectivity index (χ4v) is 4.94. The minimum absolute atomic E-state index is 0.000298. The fraction of sp³-hybridized carbons (Fsp3) is 0.542. The summed E-state index contributed by atoms with van der Waals surface area (Å²) in [4.78, 5) is 24.7. The number of hydrogen-bond donors (Lipinski definition) is 2. The largest absolute Gasteiger partial charge is 0.451 e. The molecule has 5 rings (SSSR count). The summed E-state index contributed by atoms with van der Waals surface area (Å²) < 4.78 is 44.2. The summed E-state index contributed by atoms with van der Waals surface area (Å²) in [6.07, 6.45) is -2.46. The molecule has 2 saturated heterocycles. The highest BCUT2D eigenvalue weighted by atomic mass is 19.4. The van der Waals surface area contributed by atoms with Crippen molar-refractivity contribution in [1.29, 1.82) is 0 Å². The molecule has 4 heterocycles. The van der Waals surface area contributed by atoms with Crippen molar-refractivity contribution in [2.24, 2.45) is 0 Å². The molecule has 0 bridgehead atoms. The molecule has 0 saturated carbocycles. The van der Waals surface area contributed by atoms with Crippen LogP contribution in [-0.4, -0.2) is 78.5 Å². The number of urea groups is 1. The fourth-order valence-electron chi connectivity index (χ4n) is 4.94. The second-order valence-electron chi connectivity index (χ2n) is 9.59. The van der Waals surface area contributed by atoms with Gasteiger partial charge in [0.2, 0.25) is 23.4 Å². The highest BCUT2D eigenvalue weighted by molar-refractivity contribution is 5.75. The van der Waals surface area contributed by atoms with Crippen LogP contribution in [0.4, 0.5) is 18.0 Å². The van der Waals surface area contributed by atoms with Gasteiger partial charge in [-0.15, -0.1) is 5.10 Å². The van der Waals surface area contributed by atoms with Gasteiger partial charge in [0.25, 0.3) is 0 Å². The van der Waals surface area contributed by atoms with Crippen molar-refractivity contribution in [3.05, 3.63) is 47.1 Å². The number of rotatable bonds is 4. The van der Waals surface area contributed by atoms with Crippen LogP contribution in [0.3, 0.4) is 0 Å². The van der Waals surface area contributed by atoms with E-state index in [0.717, 1.165) is 12.0 Å². The molecule has 2 aliphatic heterocycles. The van der Waals surface area contributed by atoms with E-state index in [4.69, 9.17) is 4.52 Å². The molecule has 1 aromatic carbocycles. The Morgan fingerprint density at radius 1 is 1.08 bits per heavy atom. The molecule has 2 N–H and O–H groups in total. The van der Waals surface area contributed by atoms with Crippen LogP contribution in [0.25, 0.3) is 11.6 Å². The van der Waals surface area contributed by atoms with E-state index < -0.39 is 18.1 Å². The van der Waals surface area contributed by atoms with Crippen LogP contribution in [-0.2, 0) is 12.6 Å². The number of halogens is 3. The maximum Gasteiger partial charge on any atom is 0.451 e. The number of aliphatic hydroxyl groups is 1. The molecule has 3 aromatic rings. The first-order valence-corrected chi connectivity index (χ1v) is 12.4. The van der Waals surface area contributed by atoms with E-state index in [9.17, 15) is 23.1 Å². The van der Waals surface area contributed by atoms with Gasteiger partial charge in [-0.3, -0.25) is 5.10 Å². The Morgan fingerprint density at radius 2 is 1.78 bits per heavy atom. The lowest BCUT2D eigenvalue weighted by atomic mass is 9.84. The number of carbonyl (C=O) groups is 1. The number of likely N-dealkylation sites (tertiary alicyclic amines) is 2. The Morgan fingerprint density at radius 3 is 2.43 bits per heavy atom. The molecule has 10 nitrogen and oxygen atoms in total. The molecule has 198 valence electrons. The van der Waals surface area contributed by atoms with Gasteiger partial charge in [0.15, 0.2) is 0 Å². The van der Waals surface area contributed by atoms with Crippen LogP contribution < -0.4 is 0 Å². The number of H-pyrrole nitrogens is 1. The van der Waals surface area contributed by atoms with Gasteiger partial charge < -0.3 is 19.4 Å². The zero-order valence-corrected chi connectivity index (χ0v) is 20.3. The van der Waals surface area contributed by atoms with Gasteiger partial charge in [-0.25, -0.2) is 4.79 Å². The maximum absolute atomic E-state index is 13.4. The van der Waals surface area contributed by atoms with Crippen LogP contribution in [0.5, 0.6) is 0 Å². The lowest BCUT2D eigenvalue weighted by Crippen LogP contribution is -2.51. The summed E-state index contributed by atoms with van der Waals surface area (Å²) in [5.41, 5.74) is 2.29. The van der Waals surface area contributed by atoms with Crippen LogP contribution in [0.2, 0.25) is 0 Å². The first-order valence-electron chi connectivity index (χ1n) is 12.4. The van der Waals surface area contributed by atoms with Crippen molar-refractivity contribution in [1.82, 2.24) is 35.1 Å². The van der Waals surface area contributed by atoms with Gasteiger partial charge in [0.05, 0.1) is 12.0 Å². The number of aromatic nitrogens is 5. The van der Waals surface area contributed by atoms with E-state index >= 15 is 0 Å². The van der Waals surface area contributed by atoms with Crippen LogP contribution >= 0.6 is 0 Å². The molecule has 2 aliphatic rings. The van der Waals surface area contributed by atoms with E-state index in [0.29, 0.717) is 45.4 Å². The van der Waals surface area contributed by atoms with Crippen molar-refractivity contribution >= 4 is 6.03 Å². The predicted octanol–water partition coefficient (Wildman–Crippen LogP) is 3.59. The predicted molar refractivity (Wildman–Crippen MR) is 124 cm³/mol. The Kier molecular flexibility index (Phi) is 6.88. The van der Waals surface area contributed by atoms with E-state index in [2.05, 4.69) is 51.4 Å². The first kappa shape index (κ1) is 25.2. The van der Waals surface area contributed by atoms with E-state index in [1.165, 1.54) is 5.56 Å². The van der Waals surface area contributed by atoms with Crippen LogP contribution in [0.1, 0.15) is 60.9 Å². The average molecular weight is 520 g/mol. The first-order chi connectivity index (χ1) is 17.7. The number of piperidine rings is 2. The Bertz CT molecular complexity index is 1220. The molecule has 2 amide bonds. The quantitative estimate of drug-likeness (QED) is 0.540.